The summed E-state index contributed by atoms with van der Waals surface area (Å²) in [5.74, 6) is 0. The van der Waals surface area contributed by atoms with Gasteiger partial charge in [0.1, 0.15) is 5.60 Å². The Hall–Kier alpha value is -1.50. The van der Waals surface area contributed by atoms with E-state index in [4.69, 9.17) is 10.5 Å². The van der Waals surface area contributed by atoms with Crippen LogP contribution < -0.4 is 16.4 Å². The molecule has 2 fully saturated rings. The smallest absolute Gasteiger partial charge is 0.407 e. The maximum Gasteiger partial charge on any atom is 0.407 e. The Morgan fingerprint density at radius 3 is 2.16 bits per heavy atom. The maximum absolute atomic E-state index is 12.2. The lowest BCUT2D eigenvalue weighted by Gasteiger charge is -2.36. The van der Waals surface area contributed by atoms with Gasteiger partial charge in [0.25, 0.3) is 0 Å². The van der Waals surface area contributed by atoms with Crippen LogP contribution >= 0.6 is 0 Å². The Morgan fingerprint density at radius 1 is 1.00 bits per heavy atom. The molecule has 0 spiro atoms. The van der Waals surface area contributed by atoms with Gasteiger partial charge in [-0.05, 0) is 46.5 Å². The van der Waals surface area contributed by atoms with E-state index in [0.29, 0.717) is 19.1 Å². The molecule has 1 aliphatic heterocycles. The van der Waals surface area contributed by atoms with E-state index in [1.54, 1.807) is 4.90 Å². The molecule has 0 aromatic carbocycles. The van der Waals surface area contributed by atoms with Crippen molar-refractivity contribution in [1.82, 2.24) is 15.5 Å². The molecule has 7 nitrogen and oxygen atoms in total. The number of hydrogen-bond donors (Lipinski definition) is 3. The first kappa shape index (κ1) is 19.8. The first-order chi connectivity index (χ1) is 11.7. The van der Waals surface area contributed by atoms with E-state index in [-0.39, 0.29) is 24.2 Å². The SMILES string of the molecule is CC(C)(C)OC(=O)NC1CCCCCC1NC1CCN(C(N)=O)CC1. The number of piperidine rings is 1. The minimum Gasteiger partial charge on any atom is -0.444 e. The van der Waals surface area contributed by atoms with Crippen molar-refractivity contribution in [1.29, 1.82) is 0 Å². The van der Waals surface area contributed by atoms with Crippen LogP contribution in [0.4, 0.5) is 9.59 Å². The molecule has 7 heteroatoms. The summed E-state index contributed by atoms with van der Waals surface area (Å²) in [5.41, 5.74) is 4.86. The summed E-state index contributed by atoms with van der Waals surface area (Å²) in [6.07, 6.45) is 6.98. The number of amides is 3. The van der Waals surface area contributed by atoms with Gasteiger partial charge in [0.15, 0.2) is 0 Å². The highest BCUT2D eigenvalue weighted by Gasteiger charge is 2.30. The summed E-state index contributed by atoms with van der Waals surface area (Å²) in [6, 6.07) is 0.366. The van der Waals surface area contributed by atoms with Gasteiger partial charge in [-0.3, -0.25) is 0 Å². The third kappa shape index (κ3) is 6.72. The molecule has 1 heterocycles. The van der Waals surface area contributed by atoms with Crippen molar-refractivity contribution in [3.05, 3.63) is 0 Å². The highest BCUT2D eigenvalue weighted by Crippen LogP contribution is 2.21. The van der Waals surface area contributed by atoms with Gasteiger partial charge in [0.2, 0.25) is 0 Å². The molecule has 2 unspecified atom stereocenters. The van der Waals surface area contributed by atoms with Crippen LogP contribution in [0.25, 0.3) is 0 Å². The number of likely N-dealkylation sites (tertiary alicyclic amines) is 1. The molecule has 2 atom stereocenters. The number of urea groups is 1. The fourth-order valence-electron chi connectivity index (χ4n) is 3.71. The highest BCUT2D eigenvalue weighted by atomic mass is 16.6. The predicted octanol–water partition coefficient (Wildman–Crippen LogP) is 2.35. The topological polar surface area (TPSA) is 96.7 Å². The first-order valence-electron chi connectivity index (χ1n) is 9.54. The fourth-order valence-corrected chi connectivity index (χ4v) is 3.71. The Balaban J connectivity index is 1.89. The Labute approximate surface area is 151 Å². The second kappa shape index (κ2) is 8.74. The molecule has 3 amide bonds. The minimum absolute atomic E-state index is 0.0894. The van der Waals surface area contributed by atoms with Crippen LogP contribution in [0.15, 0.2) is 0 Å². The molecule has 1 aliphatic carbocycles. The summed E-state index contributed by atoms with van der Waals surface area (Å²) in [5, 5.41) is 6.80. The van der Waals surface area contributed by atoms with E-state index in [1.165, 1.54) is 12.8 Å². The van der Waals surface area contributed by atoms with Crippen LogP contribution in [-0.4, -0.2) is 53.8 Å². The predicted molar refractivity (Wildman–Crippen MR) is 97.3 cm³/mol. The Kier molecular flexibility index (Phi) is 6.93. The largest absolute Gasteiger partial charge is 0.444 e. The molecule has 0 bridgehead atoms. The normalized spacial score (nSPS) is 26.0. The minimum atomic E-state index is -0.487. The van der Waals surface area contributed by atoms with E-state index in [2.05, 4.69) is 10.6 Å². The Bertz CT molecular complexity index is 456. The van der Waals surface area contributed by atoms with E-state index in [9.17, 15) is 9.59 Å². The molecule has 144 valence electrons. The molecular weight excluding hydrogens is 320 g/mol. The summed E-state index contributed by atoms with van der Waals surface area (Å²) >= 11 is 0. The lowest BCUT2D eigenvalue weighted by atomic mass is 9.98. The molecular formula is C18H34N4O3. The van der Waals surface area contributed by atoms with Crippen LogP contribution in [0, 0.1) is 0 Å². The number of hydrogen-bond acceptors (Lipinski definition) is 4. The molecule has 25 heavy (non-hydrogen) atoms. The third-order valence-corrected chi connectivity index (χ3v) is 4.97. The quantitative estimate of drug-likeness (QED) is 0.678. The molecule has 1 saturated carbocycles. The van der Waals surface area contributed by atoms with Gasteiger partial charge in [-0.15, -0.1) is 0 Å². The van der Waals surface area contributed by atoms with Crippen molar-refractivity contribution < 1.29 is 14.3 Å². The van der Waals surface area contributed by atoms with Gasteiger partial charge >= 0.3 is 12.1 Å². The fraction of sp³-hybridized carbons (Fsp3) is 0.889. The van der Waals surface area contributed by atoms with Crippen molar-refractivity contribution in [2.75, 3.05) is 13.1 Å². The van der Waals surface area contributed by atoms with Crippen LogP contribution in [0.5, 0.6) is 0 Å². The third-order valence-electron chi connectivity index (χ3n) is 4.97. The number of nitrogens with zero attached hydrogens (tertiary/aromatic N) is 1. The number of ether oxygens (including phenoxy) is 1. The summed E-state index contributed by atoms with van der Waals surface area (Å²) in [4.78, 5) is 25.1. The number of alkyl carbamates (subject to hydrolysis) is 1. The molecule has 1 saturated heterocycles. The number of rotatable bonds is 3. The van der Waals surface area contributed by atoms with Gasteiger partial charge in [-0.1, -0.05) is 19.3 Å². The molecule has 0 radical (unpaired) electrons. The lowest BCUT2D eigenvalue weighted by Crippen LogP contribution is -2.55. The molecule has 4 N–H and O–H groups in total. The zero-order chi connectivity index (χ0) is 18.4. The van der Waals surface area contributed by atoms with E-state index in [0.717, 1.165) is 32.1 Å². The molecule has 0 aromatic heterocycles. The number of carbonyl (C=O) groups is 2. The zero-order valence-corrected chi connectivity index (χ0v) is 15.8. The van der Waals surface area contributed by atoms with Crippen molar-refractivity contribution in [3.8, 4) is 0 Å². The molecule has 2 rings (SSSR count). The van der Waals surface area contributed by atoms with Crippen LogP contribution in [-0.2, 0) is 4.74 Å². The summed E-state index contributed by atoms with van der Waals surface area (Å²) in [7, 11) is 0. The Morgan fingerprint density at radius 2 is 1.60 bits per heavy atom. The number of nitrogens with two attached hydrogens (primary N) is 1. The van der Waals surface area contributed by atoms with Gasteiger partial charge in [0.05, 0.1) is 0 Å². The number of nitrogens with one attached hydrogen (secondary N) is 2. The lowest BCUT2D eigenvalue weighted by molar-refractivity contribution is 0.0486. The standard InChI is InChI=1S/C18H34N4O3/c1-18(2,3)25-17(24)21-15-8-6-4-5-7-14(15)20-13-9-11-22(12-10-13)16(19)23/h13-15,20H,4-12H2,1-3H3,(H2,19,23)(H,21,24). The zero-order valence-electron chi connectivity index (χ0n) is 15.8. The van der Waals surface area contributed by atoms with E-state index >= 15 is 0 Å². The van der Waals surface area contributed by atoms with Crippen molar-refractivity contribution in [3.63, 3.8) is 0 Å². The molecule has 2 aliphatic rings. The second-order valence-electron chi connectivity index (χ2n) is 8.26. The van der Waals surface area contributed by atoms with Crippen LogP contribution in [0.3, 0.4) is 0 Å². The van der Waals surface area contributed by atoms with E-state index < -0.39 is 5.60 Å². The maximum atomic E-state index is 12.2. The highest BCUT2D eigenvalue weighted by molar-refractivity contribution is 5.72. The summed E-state index contributed by atoms with van der Waals surface area (Å²) < 4.78 is 5.42. The van der Waals surface area contributed by atoms with Gasteiger partial charge < -0.3 is 26.0 Å². The average molecular weight is 354 g/mol. The number of primary amides is 1. The van der Waals surface area contributed by atoms with Gasteiger partial charge in [-0.2, -0.15) is 0 Å². The van der Waals surface area contributed by atoms with Crippen LogP contribution in [0.1, 0.15) is 65.7 Å². The first-order valence-corrected chi connectivity index (χ1v) is 9.54. The van der Waals surface area contributed by atoms with Crippen molar-refractivity contribution in [2.24, 2.45) is 5.73 Å². The van der Waals surface area contributed by atoms with Gasteiger partial charge in [-0.25, -0.2) is 9.59 Å². The van der Waals surface area contributed by atoms with Crippen molar-refractivity contribution >= 4 is 12.1 Å². The summed E-state index contributed by atoms with van der Waals surface area (Å²) in [6.45, 7) is 7.03. The van der Waals surface area contributed by atoms with Crippen LogP contribution in [0.2, 0.25) is 0 Å². The number of carbonyl (C=O) groups excluding carboxylic acids is 2. The monoisotopic (exact) mass is 354 g/mol. The average Bonchev–Trinajstić information content (AvgIpc) is 2.71. The van der Waals surface area contributed by atoms with Crippen molar-refractivity contribution in [2.45, 2.75) is 89.4 Å². The molecule has 0 aromatic rings. The van der Waals surface area contributed by atoms with E-state index in [1.807, 2.05) is 20.8 Å². The van der Waals surface area contributed by atoms with Gasteiger partial charge in [0, 0.05) is 31.2 Å². The second-order valence-corrected chi connectivity index (χ2v) is 8.26.